The van der Waals surface area contributed by atoms with Gasteiger partial charge in [0.2, 0.25) is 0 Å². The summed E-state index contributed by atoms with van der Waals surface area (Å²) in [6, 6.07) is 0. The number of carbonyl (C=O) groups excluding carboxylic acids is 2. The Morgan fingerprint density at radius 2 is 1.79 bits per heavy atom. The Morgan fingerprint density at radius 1 is 1.21 bits per heavy atom. The first kappa shape index (κ1) is 12.7. The second kappa shape index (κ2) is 6.23. The molecule has 0 N–H and O–H groups in total. The monoisotopic (exact) mass is 204 g/mol. The molecule has 82 valence electrons. The summed E-state index contributed by atoms with van der Waals surface area (Å²) < 4.78 is 13.7. The predicted molar refractivity (Wildman–Crippen MR) is 48.7 cm³/mol. The van der Waals surface area contributed by atoms with Crippen LogP contribution in [0.15, 0.2) is 0 Å². The van der Waals surface area contributed by atoms with Crippen LogP contribution in [0.3, 0.4) is 0 Å². The van der Waals surface area contributed by atoms with E-state index in [4.69, 9.17) is 4.74 Å². The lowest BCUT2D eigenvalue weighted by molar-refractivity contribution is -0.150. The molecule has 0 aromatic carbocycles. The van der Waals surface area contributed by atoms with E-state index >= 15 is 0 Å². The standard InChI is InChI=1S/C9H16O5/c1-6(2)5-13-9(11)14-7(3)8(10)12-4/h6-7H,5H2,1-4H3/t7-/m0/s1. The zero-order valence-corrected chi connectivity index (χ0v) is 8.90. The van der Waals surface area contributed by atoms with Crippen molar-refractivity contribution in [3.8, 4) is 0 Å². The summed E-state index contributed by atoms with van der Waals surface area (Å²) in [6.45, 7) is 5.49. The van der Waals surface area contributed by atoms with Gasteiger partial charge in [0.25, 0.3) is 0 Å². The van der Waals surface area contributed by atoms with Gasteiger partial charge in [0, 0.05) is 0 Å². The topological polar surface area (TPSA) is 61.8 Å². The van der Waals surface area contributed by atoms with Crippen molar-refractivity contribution < 1.29 is 23.8 Å². The molecular formula is C9H16O5. The molecule has 0 amide bonds. The smallest absolute Gasteiger partial charge is 0.466 e. The van der Waals surface area contributed by atoms with Gasteiger partial charge in [-0.25, -0.2) is 9.59 Å². The number of hydrogen-bond donors (Lipinski definition) is 0. The van der Waals surface area contributed by atoms with E-state index < -0.39 is 18.2 Å². The average molecular weight is 204 g/mol. The van der Waals surface area contributed by atoms with E-state index in [-0.39, 0.29) is 12.5 Å². The molecule has 0 fully saturated rings. The maximum absolute atomic E-state index is 10.9. The van der Waals surface area contributed by atoms with Crippen LogP contribution in [0.5, 0.6) is 0 Å². The van der Waals surface area contributed by atoms with Crippen molar-refractivity contribution in [2.24, 2.45) is 5.92 Å². The molecular weight excluding hydrogens is 188 g/mol. The lowest BCUT2D eigenvalue weighted by Gasteiger charge is -2.11. The van der Waals surface area contributed by atoms with Crippen LogP contribution < -0.4 is 0 Å². The SMILES string of the molecule is COC(=O)[C@H](C)OC(=O)OCC(C)C. The van der Waals surface area contributed by atoms with Gasteiger partial charge < -0.3 is 14.2 Å². The Kier molecular flexibility index (Phi) is 5.67. The lowest BCUT2D eigenvalue weighted by atomic mass is 10.2. The molecule has 5 heteroatoms. The van der Waals surface area contributed by atoms with E-state index in [1.165, 1.54) is 14.0 Å². The number of hydrogen-bond acceptors (Lipinski definition) is 5. The van der Waals surface area contributed by atoms with Crippen LogP contribution in [0, 0.1) is 5.92 Å². The second-order valence-corrected chi connectivity index (χ2v) is 3.24. The fourth-order valence-corrected chi connectivity index (χ4v) is 0.627. The first-order valence-electron chi connectivity index (χ1n) is 4.38. The van der Waals surface area contributed by atoms with Gasteiger partial charge in [-0.2, -0.15) is 0 Å². The van der Waals surface area contributed by atoms with Crippen molar-refractivity contribution in [2.75, 3.05) is 13.7 Å². The molecule has 0 radical (unpaired) electrons. The Bertz CT molecular complexity index is 199. The summed E-state index contributed by atoms with van der Waals surface area (Å²) >= 11 is 0. The van der Waals surface area contributed by atoms with Crippen LogP contribution in [0.1, 0.15) is 20.8 Å². The van der Waals surface area contributed by atoms with Crippen LogP contribution in [0.2, 0.25) is 0 Å². The number of rotatable bonds is 4. The predicted octanol–water partition coefficient (Wildman–Crippen LogP) is 1.36. The third kappa shape index (κ3) is 5.40. The molecule has 0 saturated carbocycles. The summed E-state index contributed by atoms with van der Waals surface area (Å²) in [5.74, 6) is -0.373. The van der Waals surface area contributed by atoms with Crippen LogP contribution in [0.25, 0.3) is 0 Å². The summed E-state index contributed by atoms with van der Waals surface area (Å²) in [6.07, 6.45) is -1.78. The summed E-state index contributed by atoms with van der Waals surface area (Å²) in [4.78, 5) is 21.8. The third-order valence-electron chi connectivity index (χ3n) is 1.34. The van der Waals surface area contributed by atoms with Crippen molar-refractivity contribution in [3.63, 3.8) is 0 Å². The third-order valence-corrected chi connectivity index (χ3v) is 1.34. The second-order valence-electron chi connectivity index (χ2n) is 3.24. The highest BCUT2D eigenvalue weighted by atomic mass is 16.7. The molecule has 0 heterocycles. The highest BCUT2D eigenvalue weighted by Crippen LogP contribution is 1.99. The maximum atomic E-state index is 10.9. The molecule has 0 spiro atoms. The van der Waals surface area contributed by atoms with Gasteiger partial charge >= 0.3 is 12.1 Å². The quantitative estimate of drug-likeness (QED) is 0.647. The highest BCUT2D eigenvalue weighted by Gasteiger charge is 2.18. The van der Waals surface area contributed by atoms with Gasteiger partial charge in [-0.15, -0.1) is 0 Å². The molecule has 0 aliphatic rings. The summed E-state index contributed by atoms with van der Waals surface area (Å²) in [7, 11) is 1.22. The first-order valence-corrected chi connectivity index (χ1v) is 4.38. The minimum absolute atomic E-state index is 0.232. The van der Waals surface area contributed by atoms with Gasteiger partial charge in [-0.05, 0) is 12.8 Å². The van der Waals surface area contributed by atoms with Crippen LogP contribution in [-0.2, 0) is 19.0 Å². The van der Waals surface area contributed by atoms with Gasteiger partial charge in [0.15, 0.2) is 6.10 Å². The number of esters is 1. The van der Waals surface area contributed by atoms with E-state index in [1.807, 2.05) is 13.8 Å². The molecule has 0 aliphatic carbocycles. The van der Waals surface area contributed by atoms with Gasteiger partial charge in [-0.1, -0.05) is 13.8 Å². The fraction of sp³-hybridized carbons (Fsp3) is 0.778. The number of carbonyl (C=O) groups is 2. The van der Waals surface area contributed by atoms with Crippen LogP contribution in [0.4, 0.5) is 4.79 Å². The minimum atomic E-state index is -0.931. The van der Waals surface area contributed by atoms with Crippen molar-refractivity contribution in [1.29, 1.82) is 0 Å². The Labute approximate surface area is 83.3 Å². The van der Waals surface area contributed by atoms with E-state index in [0.29, 0.717) is 0 Å². The van der Waals surface area contributed by atoms with Crippen LogP contribution in [-0.4, -0.2) is 31.9 Å². The van der Waals surface area contributed by atoms with E-state index in [1.54, 1.807) is 0 Å². The zero-order valence-electron chi connectivity index (χ0n) is 8.90. The molecule has 1 atom stereocenters. The average Bonchev–Trinajstić information content (AvgIpc) is 2.13. The summed E-state index contributed by atoms with van der Waals surface area (Å²) in [5.41, 5.74) is 0. The molecule has 5 nitrogen and oxygen atoms in total. The Balaban J connectivity index is 3.77. The van der Waals surface area contributed by atoms with E-state index in [2.05, 4.69) is 9.47 Å². The van der Waals surface area contributed by atoms with Crippen LogP contribution >= 0.6 is 0 Å². The minimum Gasteiger partial charge on any atom is -0.466 e. The Hall–Kier alpha value is -1.26. The van der Waals surface area contributed by atoms with E-state index in [9.17, 15) is 9.59 Å². The van der Waals surface area contributed by atoms with E-state index in [0.717, 1.165) is 0 Å². The van der Waals surface area contributed by atoms with Gasteiger partial charge in [-0.3, -0.25) is 0 Å². The zero-order chi connectivity index (χ0) is 11.1. The molecule has 0 unspecified atom stereocenters. The number of ether oxygens (including phenoxy) is 3. The molecule has 0 aromatic heterocycles. The largest absolute Gasteiger partial charge is 0.509 e. The first-order chi connectivity index (χ1) is 6.47. The molecule has 0 saturated heterocycles. The molecule has 0 bridgehead atoms. The van der Waals surface area contributed by atoms with Gasteiger partial charge in [0.1, 0.15) is 0 Å². The lowest BCUT2D eigenvalue weighted by Crippen LogP contribution is -2.26. The van der Waals surface area contributed by atoms with Crippen molar-refractivity contribution in [2.45, 2.75) is 26.9 Å². The Morgan fingerprint density at radius 3 is 2.21 bits per heavy atom. The fourth-order valence-electron chi connectivity index (χ4n) is 0.627. The van der Waals surface area contributed by atoms with Crippen molar-refractivity contribution in [3.05, 3.63) is 0 Å². The maximum Gasteiger partial charge on any atom is 0.509 e. The molecule has 0 aromatic rings. The van der Waals surface area contributed by atoms with Gasteiger partial charge in [0.05, 0.1) is 13.7 Å². The number of methoxy groups -OCH3 is 1. The molecule has 0 rings (SSSR count). The molecule has 14 heavy (non-hydrogen) atoms. The summed E-state index contributed by atoms with van der Waals surface area (Å²) in [5, 5.41) is 0. The normalized spacial score (nSPS) is 12.1. The highest BCUT2D eigenvalue weighted by molar-refractivity contribution is 5.76. The molecule has 0 aliphatic heterocycles. The van der Waals surface area contributed by atoms with Crippen molar-refractivity contribution in [1.82, 2.24) is 0 Å². The van der Waals surface area contributed by atoms with Crippen molar-refractivity contribution >= 4 is 12.1 Å².